The first-order valence-electron chi connectivity index (χ1n) is 5.33. The summed E-state index contributed by atoms with van der Waals surface area (Å²) < 4.78 is 5.74. The second-order valence-electron chi connectivity index (χ2n) is 3.28. The van der Waals surface area contributed by atoms with E-state index in [0.29, 0.717) is 36.3 Å². The minimum Gasteiger partial charge on any atom is -0.394 e. The van der Waals surface area contributed by atoms with Crippen molar-refractivity contribution in [1.82, 2.24) is 10.3 Å². The summed E-state index contributed by atoms with van der Waals surface area (Å²) in [6, 6.07) is 3.52. The van der Waals surface area contributed by atoms with Crippen LogP contribution in [0, 0.1) is 0 Å². The molecule has 0 aliphatic heterocycles. The van der Waals surface area contributed by atoms with Crippen molar-refractivity contribution < 1.29 is 14.6 Å². The van der Waals surface area contributed by atoms with Crippen molar-refractivity contribution in [2.24, 2.45) is 0 Å². The molecule has 0 bridgehead atoms. The molecule has 1 heterocycles. The lowest BCUT2D eigenvalue weighted by atomic mass is 10.3. The molecule has 17 heavy (non-hydrogen) atoms. The first-order chi connectivity index (χ1) is 8.25. The number of nitrogens with one attached hydrogen (secondary N) is 1. The average molecular weight is 303 g/mol. The van der Waals surface area contributed by atoms with Crippen molar-refractivity contribution in [2.75, 3.05) is 26.4 Å². The third-order valence-corrected chi connectivity index (χ3v) is 2.60. The van der Waals surface area contributed by atoms with Crippen LogP contribution in [-0.2, 0) is 4.74 Å². The Bertz CT molecular complexity index is 360. The Morgan fingerprint density at radius 1 is 1.53 bits per heavy atom. The van der Waals surface area contributed by atoms with Gasteiger partial charge in [-0.15, -0.1) is 0 Å². The van der Waals surface area contributed by atoms with E-state index in [0.717, 1.165) is 0 Å². The van der Waals surface area contributed by atoms with Gasteiger partial charge in [-0.2, -0.15) is 0 Å². The highest BCUT2D eigenvalue weighted by Crippen LogP contribution is 2.12. The minimum absolute atomic E-state index is 0.0211. The zero-order chi connectivity index (χ0) is 12.5. The lowest BCUT2D eigenvalue weighted by Crippen LogP contribution is -2.26. The average Bonchev–Trinajstić information content (AvgIpc) is 2.34. The summed E-state index contributed by atoms with van der Waals surface area (Å²) in [5, 5.41) is 11.2. The van der Waals surface area contributed by atoms with E-state index in [-0.39, 0.29) is 12.5 Å². The highest BCUT2D eigenvalue weighted by Gasteiger charge is 2.09. The number of amides is 1. The molecule has 0 saturated carbocycles. The number of halogens is 1. The maximum Gasteiger partial charge on any atom is 0.271 e. The number of ether oxygens (including phenoxy) is 1. The predicted molar refractivity (Wildman–Crippen MR) is 66.8 cm³/mol. The first-order valence-corrected chi connectivity index (χ1v) is 6.12. The number of carbonyl (C=O) groups is 1. The smallest absolute Gasteiger partial charge is 0.271 e. The molecule has 0 saturated heterocycles. The van der Waals surface area contributed by atoms with Gasteiger partial charge < -0.3 is 15.2 Å². The topological polar surface area (TPSA) is 71.5 Å². The quantitative estimate of drug-likeness (QED) is 0.736. The molecule has 0 aliphatic carbocycles. The summed E-state index contributed by atoms with van der Waals surface area (Å²) in [6.45, 7) is 1.39. The number of hydrogen-bond donors (Lipinski definition) is 2. The van der Waals surface area contributed by atoms with Crippen molar-refractivity contribution in [3.05, 3.63) is 28.5 Å². The maximum absolute atomic E-state index is 11.7. The lowest BCUT2D eigenvalue weighted by molar-refractivity contribution is 0.0865. The van der Waals surface area contributed by atoms with E-state index < -0.39 is 0 Å². The molecule has 0 radical (unpaired) electrons. The fourth-order valence-electron chi connectivity index (χ4n) is 1.18. The number of aliphatic hydroxyl groups excluding tert-OH is 1. The monoisotopic (exact) mass is 302 g/mol. The Morgan fingerprint density at radius 3 is 3.06 bits per heavy atom. The van der Waals surface area contributed by atoms with Crippen LogP contribution in [0.3, 0.4) is 0 Å². The molecule has 1 rings (SSSR count). The van der Waals surface area contributed by atoms with E-state index in [4.69, 9.17) is 9.84 Å². The number of aliphatic hydroxyl groups is 1. The van der Waals surface area contributed by atoms with Crippen LogP contribution < -0.4 is 5.32 Å². The Labute approximate surface area is 108 Å². The zero-order valence-corrected chi connectivity index (χ0v) is 10.9. The summed E-state index contributed by atoms with van der Waals surface area (Å²) >= 11 is 3.26. The summed E-state index contributed by atoms with van der Waals surface area (Å²) in [4.78, 5) is 15.7. The van der Waals surface area contributed by atoms with Crippen LogP contribution in [0.4, 0.5) is 0 Å². The van der Waals surface area contributed by atoms with Gasteiger partial charge in [-0.1, -0.05) is 0 Å². The fraction of sp³-hybridized carbons (Fsp3) is 0.455. The lowest BCUT2D eigenvalue weighted by Gasteiger charge is -2.06. The molecule has 1 amide bonds. The third kappa shape index (κ3) is 5.25. The molecule has 1 aromatic rings. The molecule has 0 aliphatic rings. The van der Waals surface area contributed by atoms with Gasteiger partial charge in [-0.3, -0.25) is 4.79 Å². The van der Waals surface area contributed by atoms with Crippen LogP contribution in [0.1, 0.15) is 16.9 Å². The van der Waals surface area contributed by atoms with Crippen LogP contribution in [0.2, 0.25) is 0 Å². The molecule has 2 N–H and O–H groups in total. The Kier molecular flexibility index (Phi) is 6.76. The molecule has 94 valence electrons. The van der Waals surface area contributed by atoms with E-state index in [1.807, 2.05) is 0 Å². The molecular formula is C11H15BrN2O3. The van der Waals surface area contributed by atoms with Crippen molar-refractivity contribution in [3.8, 4) is 0 Å². The van der Waals surface area contributed by atoms with E-state index in [1.54, 1.807) is 18.3 Å². The van der Waals surface area contributed by atoms with Gasteiger partial charge in [-0.05, 0) is 34.5 Å². The summed E-state index contributed by atoms with van der Waals surface area (Å²) in [5.74, 6) is -0.209. The predicted octanol–water partition coefficient (Wildman–Crippen LogP) is 0.973. The van der Waals surface area contributed by atoms with Crippen molar-refractivity contribution in [1.29, 1.82) is 0 Å². The molecule has 0 spiro atoms. The number of nitrogens with zero attached hydrogens (tertiary/aromatic N) is 1. The number of hydrogen-bond acceptors (Lipinski definition) is 4. The molecule has 5 nitrogen and oxygen atoms in total. The van der Waals surface area contributed by atoms with E-state index in [2.05, 4.69) is 26.2 Å². The number of carbonyl (C=O) groups excluding carboxylic acids is 1. The van der Waals surface area contributed by atoms with Gasteiger partial charge >= 0.3 is 0 Å². The van der Waals surface area contributed by atoms with Gasteiger partial charge in [0, 0.05) is 23.8 Å². The van der Waals surface area contributed by atoms with Gasteiger partial charge in [0.15, 0.2) is 0 Å². The number of pyridine rings is 1. The largest absolute Gasteiger partial charge is 0.394 e. The highest BCUT2D eigenvalue weighted by molar-refractivity contribution is 9.10. The minimum atomic E-state index is -0.209. The van der Waals surface area contributed by atoms with Crippen LogP contribution in [0.15, 0.2) is 22.8 Å². The maximum atomic E-state index is 11.7. The molecule has 6 heteroatoms. The van der Waals surface area contributed by atoms with Crippen LogP contribution >= 0.6 is 15.9 Å². The Hall–Kier alpha value is -0.980. The van der Waals surface area contributed by atoms with E-state index >= 15 is 0 Å². The Balaban J connectivity index is 2.24. The molecule has 1 aromatic heterocycles. The second-order valence-corrected chi connectivity index (χ2v) is 4.13. The van der Waals surface area contributed by atoms with Crippen molar-refractivity contribution in [2.45, 2.75) is 6.42 Å². The molecule has 0 aromatic carbocycles. The second kappa shape index (κ2) is 8.16. The molecule has 0 fully saturated rings. The van der Waals surface area contributed by atoms with E-state index in [1.165, 1.54) is 0 Å². The zero-order valence-electron chi connectivity index (χ0n) is 9.36. The SMILES string of the molecule is O=C(NCCCOCCO)c1ncccc1Br. The third-order valence-electron chi connectivity index (χ3n) is 1.96. The van der Waals surface area contributed by atoms with Crippen molar-refractivity contribution in [3.63, 3.8) is 0 Å². The normalized spacial score (nSPS) is 10.2. The highest BCUT2D eigenvalue weighted by atomic mass is 79.9. The first kappa shape index (κ1) is 14.1. The van der Waals surface area contributed by atoms with Gasteiger partial charge in [0.1, 0.15) is 5.69 Å². The van der Waals surface area contributed by atoms with Gasteiger partial charge in [0.05, 0.1) is 13.2 Å². The fourth-order valence-corrected chi connectivity index (χ4v) is 1.61. The Morgan fingerprint density at radius 2 is 2.35 bits per heavy atom. The van der Waals surface area contributed by atoms with Gasteiger partial charge in [0.25, 0.3) is 5.91 Å². The number of rotatable bonds is 7. The summed E-state index contributed by atoms with van der Waals surface area (Å²) in [5.41, 5.74) is 0.378. The summed E-state index contributed by atoms with van der Waals surface area (Å²) in [7, 11) is 0. The standard InChI is InChI=1S/C11H15BrN2O3/c12-9-3-1-4-13-10(9)11(16)14-5-2-7-17-8-6-15/h1,3-4,15H,2,5-8H2,(H,14,16). The van der Waals surface area contributed by atoms with Crippen molar-refractivity contribution >= 4 is 21.8 Å². The van der Waals surface area contributed by atoms with Crippen LogP contribution in [0.5, 0.6) is 0 Å². The number of aromatic nitrogens is 1. The summed E-state index contributed by atoms with van der Waals surface area (Å²) in [6.07, 6.45) is 2.28. The van der Waals surface area contributed by atoms with Crippen LogP contribution in [-0.4, -0.2) is 42.4 Å². The van der Waals surface area contributed by atoms with Crippen LogP contribution in [0.25, 0.3) is 0 Å². The van der Waals surface area contributed by atoms with Gasteiger partial charge in [0.2, 0.25) is 0 Å². The van der Waals surface area contributed by atoms with Gasteiger partial charge in [-0.25, -0.2) is 4.98 Å². The molecule has 0 unspecified atom stereocenters. The van der Waals surface area contributed by atoms with E-state index in [9.17, 15) is 4.79 Å². The molecular weight excluding hydrogens is 288 g/mol. The molecule has 0 atom stereocenters.